The topological polar surface area (TPSA) is 54.1 Å². The van der Waals surface area contributed by atoms with Gasteiger partial charge >= 0.3 is 0 Å². The monoisotopic (exact) mass is 606 g/mol. The summed E-state index contributed by atoms with van der Waals surface area (Å²) in [4.78, 5) is 4.83. The first-order valence-corrected chi connectivity index (χ1v) is 15.6. The lowest BCUT2D eigenvalue weighted by atomic mass is 9.88. The van der Waals surface area contributed by atoms with Crippen LogP contribution in [0.1, 0.15) is 43.3 Å². The van der Waals surface area contributed by atoms with Gasteiger partial charge in [-0.25, -0.2) is 9.67 Å². The maximum Gasteiger partial charge on any atom is 0.137 e. The molecule has 0 radical (unpaired) electrons. The zero-order chi connectivity index (χ0) is 32.2. The molecule has 46 heavy (non-hydrogen) atoms. The van der Waals surface area contributed by atoms with Gasteiger partial charge in [-0.3, -0.25) is 4.57 Å². The Morgan fingerprint density at radius 2 is 1.48 bits per heavy atom. The van der Waals surface area contributed by atoms with E-state index in [0.717, 1.165) is 78.6 Å². The van der Waals surface area contributed by atoms with Crippen molar-refractivity contribution in [1.29, 1.82) is 0 Å². The molecule has 0 N–H and O–H groups in total. The standard InChI is InChI=1S/C40H38N4O2/c1-25-19-30(44-27(3)39(26(2)42-44)28-11-9-8-10-12-28)22-33(20-25)46-32-13-15-34-35-23-31(45-7)14-16-36(35)43(37(34)24-32)38-21-29(17-18-41-38)40(4,5)6/h8-24H,1-7H3. The van der Waals surface area contributed by atoms with Crippen LogP contribution in [0.15, 0.2) is 103 Å². The van der Waals surface area contributed by atoms with Gasteiger partial charge in [0.15, 0.2) is 0 Å². The van der Waals surface area contributed by atoms with E-state index in [-0.39, 0.29) is 5.41 Å². The first-order chi connectivity index (χ1) is 22.1. The van der Waals surface area contributed by atoms with E-state index in [9.17, 15) is 0 Å². The van der Waals surface area contributed by atoms with Crippen LogP contribution in [-0.4, -0.2) is 26.4 Å². The molecule has 3 heterocycles. The van der Waals surface area contributed by atoms with Crippen molar-refractivity contribution in [3.63, 3.8) is 0 Å². The van der Waals surface area contributed by atoms with Crippen molar-refractivity contribution in [3.8, 4) is 39.9 Å². The Labute approximate surface area is 269 Å². The van der Waals surface area contributed by atoms with Crippen LogP contribution in [0.25, 0.3) is 44.4 Å². The second-order valence-electron chi connectivity index (χ2n) is 13.0. The number of pyridine rings is 1. The highest BCUT2D eigenvalue weighted by molar-refractivity contribution is 6.10. The molecule has 0 saturated carbocycles. The molecule has 230 valence electrons. The molecule has 4 aromatic carbocycles. The Kier molecular flexibility index (Phi) is 7.16. The molecule has 0 aliphatic rings. The smallest absolute Gasteiger partial charge is 0.137 e. The van der Waals surface area contributed by atoms with E-state index in [1.807, 2.05) is 29.1 Å². The summed E-state index contributed by atoms with van der Waals surface area (Å²) in [6.07, 6.45) is 1.90. The lowest BCUT2D eigenvalue weighted by Gasteiger charge is -2.20. The van der Waals surface area contributed by atoms with Gasteiger partial charge in [0, 0.05) is 40.4 Å². The molecular weight excluding hydrogens is 568 g/mol. The van der Waals surface area contributed by atoms with Crippen LogP contribution in [0.5, 0.6) is 17.2 Å². The number of fused-ring (bicyclic) bond motifs is 3. The molecule has 6 heteroatoms. The van der Waals surface area contributed by atoms with Crippen molar-refractivity contribution in [2.75, 3.05) is 7.11 Å². The minimum absolute atomic E-state index is 0.00977. The first kappa shape index (κ1) is 29.4. The molecule has 6 nitrogen and oxygen atoms in total. The Hall–Kier alpha value is -5.36. The quantitative estimate of drug-likeness (QED) is 0.189. The molecule has 7 aromatic rings. The fraction of sp³-hybridized carbons (Fsp3) is 0.200. The van der Waals surface area contributed by atoms with Gasteiger partial charge in [0.2, 0.25) is 0 Å². The maximum atomic E-state index is 6.60. The van der Waals surface area contributed by atoms with Crippen LogP contribution < -0.4 is 9.47 Å². The zero-order valence-electron chi connectivity index (χ0n) is 27.4. The number of benzene rings is 4. The van der Waals surface area contributed by atoms with Gasteiger partial charge in [-0.15, -0.1) is 0 Å². The molecule has 0 atom stereocenters. The van der Waals surface area contributed by atoms with E-state index in [0.29, 0.717) is 0 Å². The molecule has 3 aromatic heterocycles. The van der Waals surface area contributed by atoms with E-state index in [4.69, 9.17) is 19.6 Å². The number of hydrogen-bond acceptors (Lipinski definition) is 4. The lowest BCUT2D eigenvalue weighted by Crippen LogP contribution is -2.12. The van der Waals surface area contributed by atoms with E-state index < -0.39 is 0 Å². The lowest BCUT2D eigenvalue weighted by molar-refractivity contribution is 0.415. The van der Waals surface area contributed by atoms with Crippen LogP contribution in [-0.2, 0) is 5.41 Å². The molecule has 0 amide bonds. The van der Waals surface area contributed by atoms with Crippen molar-refractivity contribution in [1.82, 2.24) is 19.3 Å². The fourth-order valence-electron chi connectivity index (χ4n) is 6.39. The number of hydrogen-bond donors (Lipinski definition) is 0. The molecule has 0 fully saturated rings. The fourth-order valence-corrected chi connectivity index (χ4v) is 6.39. The minimum Gasteiger partial charge on any atom is -0.497 e. The largest absolute Gasteiger partial charge is 0.497 e. The Bertz CT molecular complexity index is 2240. The summed E-state index contributed by atoms with van der Waals surface area (Å²) in [5.41, 5.74) is 9.74. The van der Waals surface area contributed by atoms with Crippen molar-refractivity contribution in [2.24, 2.45) is 0 Å². The summed E-state index contributed by atoms with van der Waals surface area (Å²) in [6, 6.07) is 33.4. The third-order valence-electron chi connectivity index (χ3n) is 8.66. The Morgan fingerprint density at radius 3 is 2.24 bits per heavy atom. The average Bonchev–Trinajstić information content (AvgIpc) is 3.52. The van der Waals surface area contributed by atoms with Crippen molar-refractivity contribution < 1.29 is 9.47 Å². The van der Waals surface area contributed by atoms with Crippen molar-refractivity contribution in [2.45, 2.75) is 47.0 Å². The van der Waals surface area contributed by atoms with E-state index in [2.05, 4.69) is 125 Å². The van der Waals surface area contributed by atoms with Gasteiger partial charge in [-0.2, -0.15) is 5.10 Å². The number of aromatic nitrogens is 4. The highest BCUT2D eigenvalue weighted by Crippen LogP contribution is 2.38. The van der Waals surface area contributed by atoms with E-state index in [1.165, 1.54) is 5.56 Å². The van der Waals surface area contributed by atoms with Crippen molar-refractivity contribution >= 4 is 21.8 Å². The molecule has 0 spiro atoms. The molecule has 0 aliphatic heterocycles. The minimum atomic E-state index is -0.00977. The maximum absolute atomic E-state index is 6.60. The summed E-state index contributed by atoms with van der Waals surface area (Å²) in [7, 11) is 1.70. The highest BCUT2D eigenvalue weighted by atomic mass is 16.5. The van der Waals surface area contributed by atoms with Crippen LogP contribution in [0.4, 0.5) is 0 Å². The summed E-state index contributed by atoms with van der Waals surface area (Å²) in [6.45, 7) is 12.9. The molecule has 0 aliphatic carbocycles. The van der Waals surface area contributed by atoms with Crippen molar-refractivity contribution in [3.05, 3.63) is 126 Å². The van der Waals surface area contributed by atoms with Gasteiger partial charge in [0.25, 0.3) is 0 Å². The van der Waals surface area contributed by atoms with Crippen LogP contribution in [0, 0.1) is 20.8 Å². The normalized spacial score (nSPS) is 11.8. The zero-order valence-corrected chi connectivity index (χ0v) is 27.4. The summed E-state index contributed by atoms with van der Waals surface area (Å²) >= 11 is 0. The third kappa shape index (κ3) is 5.20. The van der Waals surface area contributed by atoms with E-state index >= 15 is 0 Å². The predicted octanol–water partition coefficient (Wildman–Crippen LogP) is 10.1. The van der Waals surface area contributed by atoms with Crippen LogP contribution in [0.3, 0.4) is 0 Å². The second-order valence-corrected chi connectivity index (χ2v) is 13.0. The SMILES string of the molecule is COc1ccc2c(c1)c1ccc(Oc3cc(C)cc(-n4nc(C)c(-c5ccccc5)c4C)c3)cc1n2-c1cc(C(C)(C)C)ccn1. The van der Waals surface area contributed by atoms with Gasteiger partial charge in [0.1, 0.15) is 23.1 Å². The summed E-state index contributed by atoms with van der Waals surface area (Å²) in [5, 5.41) is 7.14. The van der Waals surface area contributed by atoms with Gasteiger partial charge in [-0.05, 0) is 97.5 Å². The molecule has 0 bridgehead atoms. The molecular formula is C40H38N4O2. The molecule has 0 unspecified atom stereocenters. The van der Waals surface area contributed by atoms with Gasteiger partial charge in [0.05, 0.1) is 29.5 Å². The first-order valence-electron chi connectivity index (χ1n) is 15.6. The van der Waals surface area contributed by atoms with Gasteiger partial charge < -0.3 is 9.47 Å². The number of methoxy groups -OCH3 is 1. The van der Waals surface area contributed by atoms with Crippen LogP contribution in [0.2, 0.25) is 0 Å². The van der Waals surface area contributed by atoms with Gasteiger partial charge in [-0.1, -0.05) is 51.1 Å². The molecule has 7 rings (SSSR count). The predicted molar refractivity (Wildman–Crippen MR) is 187 cm³/mol. The summed E-state index contributed by atoms with van der Waals surface area (Å²) in [5.74, 6) is 3.17. The highest BCUT2D eigenvalue weighted by Gasteiger charge is 2.20. The summed E-state index contributed by atoms with van der Waals surface area (Å²) < 4.78 is 16.4. The number of ether oxygens (including phenoxy) is 2. The number of rotatable bonds is 6. The molecule has 0 saturated heterocycles. The third-order valence-corrected chi connectivity index (χ3v) is 8.66. The average molecular weight is 607 g/mol. The Morgan fingerprint density at radius 1 is 0.696 bits per heavy atom. The second kappa shape index (κ2) is 11.2. The number of nitrogens with zero attached hydrogens (tertiary/aromatic N) is 4. The number of aryl methyl sites for hydroxylation is 2. The Balaban J connectivity index is 1.33. The van der Waals surface area contributed by atoms with E-state index in [1.54, 1.807) is 7.11 Å². The van der Waals surface area contributed by atoms with Crippen LogP contribution >= 0.6 is 0 Å².